The number of hydrogen-bond acceptors (Lipinski definition) is 2. The third kappa shape index (κ3) is 1.92. The van der Waals surface area contributed by atoms with E-state index in [1.165, 1.54) is 0 Å². The van der Waals surface area contributed by atoms with Crippen LogP contribution < -0.4 is 5.73 Å². The second-order valence-electron chi connectivity index (χ2n) is 3.72. The van der Waals surface area contributed by atoms with Crippen LogP contribution in [0.25, 0.3) is 5.69 Å². The first-order valence-electron chi connectivity index (χ1n) is 5.04. The fourth-order valence-corrected chi connectivity index (χ4v) is 1.59. The Morgan fingerprint density at radius 2 is 1.93 bits per heavy atom. The monoisotopic (exact) mass is 201 g/mol. The molecule has 15 heavy (non-hydrogen) atoms. The van der Waals surface area contributed by atoms with Gasteiger partial charge in [-0.1, -0.05) is 12.1 Å². The van der Waals surface area contributed by atoms with Gasteiger partial charge in [0, 0.05) is 24.1 Å². The van der Waals surface area contributed by atoms with Crippen molar-refractivity contribution in [1.82, 2.24) is 9.55 Å². The number of benzene rings is 1. The van der Waals surface area contributed by atoms with Crippen LogP contribution in [0.1, 0.15) is 24.4 Å². The quantitative estimate of drug-likeness (QED) is 0.809. The van der Waals surface area contributed by atoms with Gasteiger partial charge in [-0.3, -0.25) is 0 Å². The zero-order chi connectivity index (χ0) is 10.8. The Morgan fingerprint density at radius 1 is 1.27 bits per heavy atom. The SMILES string of the molecule is Cc1nccn1-c1ccc([C@@H](C)N)cc1. The molecule has 1 atom stereocenters. The summed E-state index contributed by atoms with van der Waals surface area (Å²) in [4.78, 5) is 4.19. The summed E-state index contributed by atoms with van der Waals surface area (Å²) in [5.41, 5.74) is 8.06. The van der Waals surface area contributed by atoms with Gasteiger partial charge in [-0.2, -0.15) is 0 Å². The third-order valence-corrected chi connectivity index (χ3v) is 2.52. The number of aromatic nitrogens is 2. The maximum Gasteiger partial charge on any atom is 0.110 e. The van der Waals surface area contributed by atoms with Crippen molar-refractivity contribution in [3.8, 4) is 5.69 Å². The van der Waals surface area contributed by atoms with E-state index in [0.717, 1.165) is 17.1 Å². The van der Waals surface area contributed by atoms with Crippen LogP contribution in [0.4, 0.5) is 0 Å². The summed E-state index contributed by atoms with van der Waals surface area (Å²) in [5, 5.41) is 0. The van der Waals surface area contributed by atoms with Crippen molar-refractivity contribution >= 4 is 0 Å². The van der Waals surface area contributed by atoms with Crippen molar-refractivity contribution < 1.29 is 0 Å². The first-order valence-corrected chi connectivity index (χ1v) is 5.04. The fourth-order valence-electron chi connectivity index (χ4n) is 1.59. The molecule has 0 aliphatic heterocycles. The van der Waals surface area contributed by atoms with E-state index in [9.17, 15) is 0 Å². The molecule has 0 aliphatic carbocycles. The first kappa shape index (κ1) is 9.93. The van der Waals surface area contributed by atoms with Gasteiger partial charge >= 0.3 is 0 Å². The molecule has 1 aromatic heterocycles. The second kappa shape index (κ2) is 3.87. The van der Waals surface area contributed by atoms with Crippen LogP contribution in [0, 0.1) is 6.92 Å². The van der Waals surface area contributed by atoms with Crippen LogP contribution in [0.5, 0.6) is 0 Å². The molecular weight excluding hydrogens is 186 g/mol. The highest BCUT2D eigenvalue weighted by Crippen LogP contribution is 2.14. The molecule has 2 N–H and O–H groups in total. The van der Waals surface area contributed by atoms with E-state index >= 15 is 0 Å². The third-order valence-electron chi connectivity index (χ3n) is 2.52. The van der Waals surface area contributed by atoms with E-state index in [1.807, 2.05) is 24.6 Å². The molecule has 0 amide bonds. The van der Waals surface area contributed by atoms with Crippen molar-refractivity contribution in [2.75, 3.05) is 0 Å². The molecule has 78 valence electrons. The van der Waals surface area contributed by atoms with Gasteiger partial charge in [0.15, 0.2) is 0 Å². The number of rotatable bonds is 2. The highest BCUT2D eigenvalue weighted by atomic mass is 15.1. The lowest BCUT2D eigenvalue weighted by molar-refractivity contribution is 0.817. The summed E-state index contributed by atoms with van der Waals surface area (Å²) < 4.78 is 2.05. The van der Waals surface area contributed by atoms with E-state index in [0.29, 0.717) is 0 Å². The number of nitrogens with two attached hydrogens (primary N) is 1. The minimum Gasteiger partial charge on any atom is -0.324 e. The summed E-state index contributed by atoms with van der Waals surface area (Å²) in [6.07, 6.45) is 3.75. The standard InChI is InChI=1S/C12H15N3/c1-9(13)11-3-5-12(6-4-11)15-8-7-14-10(15)2/h3-9H,13H2,1-2H3/t9-/m1/s1. The molecular formula is C12H15N3. The molecule has 2 rings (SSSR count). The van der Waals surface area contributed by atoms with Crippen LogP contribution >= 0.6 is 0 Å². The van der Waals surface area contributed by atoms with Crippen LogP contribution in [0.3, 0.4) is 0 Å². The van der Waals surface area contributed by atoms with E-state index < -0.39 is 0 Å². The molecule has 0 fully saturated rings. The summed E-state index contributed by atoms with van der Waals surface area (Å²) in [6.45, 7) is 3.97. The Labute approximate surface area is 89.6 Å². The van der Waals surface area contributed by atoms with Crippen LogP contribution in [0.2, 0.25) is 0 Å². The highest BCUT2D eigenvalue weighted by molar-refractivity contribution is 5.36. The van der Waals surface area contributed by atoms with Crippen molar-refractivity contribution in [3.63, 3.8) is 0 Å². The normalized spacial score (nSPS) is 12.7. The van der Waals surface area contributed by atoms with Gasteiger partial charge in [0.2, 0.25) is 0 Å². The molecule has 1 heterocycles. The molecule has 0 unspecified atom stereocenters. The molecule has 3 heteroatoms. The Balaban J connectivity index is 2.36. The van der Waals surface area contributed by atoms with E-state index in [-0.39, 0.29) is 6.04 Å². The second-order valence-corrected chi connectivity index (χ2v) is 3.72. The summed E-state index contributed by atoms with van der Waals surface area (Å²) >= 11 is 0. The maximum absolute atomic E-state index is 5.79. The van der Waals surface area contributed by atoms with Crippen LogP contribution in [-0.2, 0) is 0 Å². The predicted molar refractivity (Wildman–Crippen MR) is 60.9 cm³/mol. The minimum absolute atomic E-state index is 0.0861. The number of aryl methyl sites for hydroxylation is 1. The minimum atomic E-state index is 0.0861. The lowest BCUT2D eigenvalue weighted by Gasteiger charge is -2.08. The molecule has 0 saturated carbocycles. The van der Waals surface area contributed by atoms with Gasteiger partial charge < -0.3 is 10.3 Å². The highest BCUT2D eigenvalue weighted by Gasteiger charge is 2.02. The number of imidazole rings is 1. The first-order chi connectivity index (χ1) is 7.18. The largest absolute Gasteiger partial charge is 0.324 e. The topological polar surface area (TPSA) is 43.8 Å². The molecule has 0 bridgehead atoms. The van der Waals surface area contributed by atoms with Crippen molar-refractivity contribution in [3.05, 3.63) is 48.0 Å². The zero-order valence-corrected chi connectivity index (χ0v) is 9.01. The van der Waals surface area contributed by atoms with E-state index in [1.54, 1.807) is 6.20 Å². The Bertz CT molecular complexity index is 440. The van der Waals surface area contributed by atoms with Gasteiger partial charge in [0.1, 0.15) is 5.82 Å². The predicted octanol–water partition coefficient (Wildman–Crippen LogP) is 2.20. The zero-order valence-electron chi connectivity index (χ0n) is 9.01. The van der Waals surface area contributed by atoms with Crippen molar-refractivity contribution in [1.29, 1.82) is 0 Å². The van der Waals surface area contributed by atoms with Crippen molar-refractivity contribution in [2.24, 2.45) is 5.73 Å². The van der Waals surface area contributed by atoms with Crippen LogP contribution in [-0.4, -0.2) is 9.55 Å². The average molecular weight is 201 g/mol. The van der Waals surface area contributed by atoms with Crippen molar-refractivity contribution in [2.45, 2.75) is 19.9 Å². The van der Waals surface area contributed by atoms with Crippen LogP contribution in [0.15, 0.2) is 36.7 Å². The van der Waals surface area contributed by atoms with Gasteiger partial charge in [-0.15, -0.1) is 0 Å². The lowest BCUT2D eigenvalue weighted by Crippen LogP contribution is -2.05. The molecule has 3 nitrogen and oxygen atoms in total. The Kier molecular flexibility index (Phi) is 2.56. The summed E-state index contributed by atoms with van der Waals surface area (Å²) in [6, 6.07) is 8.32. The van der Waals surface area contributed by atoms with E-state index in [2.05, 4.69) is 29.2 Å². The van der Waals surface area contributed by atoms with Gasteiger partial charge in [0.05, 0.1) is 0 Å². The summed E-state index contributed by atoms with van der Waals surface area (Å²) in [5.74, 6) is 0.989. The molecule has 0 spiro atoms. The van der Waals surface area contributed by atoms with Gasteiger partial charge in [0.25, 0.3) is 0 Å². The van der Waals surface area contributed by atoms with Gasteiger partial charge in [-0.25, -0.2) is 4.98 Å². The van der Waals surface area contributed by atoms with Gasteiger partial charge in [-0.05, 0) is 31.5 Å². The molecule has 0 radical (unpaired) electrons. The number of nitrogens with zero attached hydrogens (tertiary/aromatic N) is 2. The maximum atomic E-state index is 5.79. The fraction of sp³-hybridized carbons (Fsp3) is 0.250. The lowest BCUT2D eigenvalue weighted by atomic mass is 10.1. The molecule has 1 aromatic carbocycles. The molecule has 0 saturated heterocycles. The van der Waals surface area contributed by atoms with E-state index in [4.69, 9.17) is 5.73 Å². The Hall–Kier alpha value is -1.61. The molecule has 0 aliphatic rings. The average Bonchev–Trinajstić information content (AvgIpc) is 2.65. The Morgan fingerprint density at radius 3 is 2.40 bits per heavy atom. The molecule has 2 aromatic rings. The number of hydrogen-bond donors (Lipinski definition) is 1. The summed E-state index contributed by atoms with van der Waals surface area (Å²) in [7, 11) is 0. The smallest absolute Gasteiger partial charge is 0.110 e.